The van der Waals surface area contributed by atoms with Crippen molar-refractivity contribution in [2.45, 2.75) is 6.04 Å². The van der Waals surface area contributed by atoms with Gasteiger partial charge < -0.3 is 10.1 Å². The van der Waals surface area contributed by atoms with E-state index < -0.39 is 0 Å². The van der Waals surface area contributed by atoms with Gasteiger partial charge in [-0.05, 0) is 5.56 Å². The number of hydrogen-bond acceptors (Lipinski definition) is 5. The molecule has 1 saturated heterocycles. The fraction of sp³-hybridized carbons (Fsp3) is 0.333. The van der Waals surface area contributed by atoms with Crippen molar-refractivity contribution in [1.82, 2.24) is 9.88 Å². The van der Waals surface area contributed by atoms with Crippen LogP contribution >= 0.6 is 11.3 Å². The van der Waals surface area contributed by atoms with Crippen molar-refractivity contribution < 1.29 is 9.53 Å². The zero-order chi connectivity index (χ0) is 14.5. The molecule has 1 aromatic carbocycles. The molecule has 0 aliphatic carbocycles. The van der Waals surface area contributed by atoms with Crippen molar-refractivity contribution in [3.63, 3.8) is 0 Å². The van der Waals surface area contributed by atoms with E-state index in [-0.39, 0.29) is 11.9 Å². The number of ether oxygens (including phenoxy) is 1. The number of carbonyl (C=O) groups is 1. The lowest BCUT2D eigenvalue weighted by atomic mass is 10.0. The van der Waals surface area contributed by atoms with Crippen LogP contribution in [0.5, 0.6) is 0 Å². The molecule has 1 fully saturated rings. The summed E-state index contributed by atoms with van der Waals surface area (Å²) >= 11 is 1.42. The molecule has 0 bridgehead atoms. The maximum Gasteiger partial charge on any atom is 0.248 e. The third-order valence-corrected chi connectivity index (χ3v) is 4.13. The van der Waals surface area contributed by atoms with Gasteiger partial charge in [0, 0.05) is 24.7 Å². The van der Waals surface area contributed by atoms with Crippen molar-refractivity contribution in [2.75, 3.05) is 31.6 Å². The summed E-state index contributed by atoms with van der Waals surface area (Å²) in [5.74, 6) is -0.0435. The molecule has 21 heavy (non-hydrogen) atoms. The van der Waals surface area contributed by atoms with E-state index >= 15 is 0 Å². The molecule has 0 unspecified atom stereocenters. The minimum absolute atomic E-state index is 0.0435. The van der Waals surface area contributed by atoms with Crippen LogP contribution in [0.3, 0.4) is 0 Å². The average Bonchev–Trinajstić information content (AvgIpc) is 3.02. The zero-order valence-electron chi connectivity index (χ0n) is 11.6. The van der Waals surface area contributed by atoms with E-state index in [9.17, 15) is 4.79 Å². The second kappa shape index (κ2) is 6.80. The molecule has 0 spiro atoms. The van der Waals surface area contributed by atoms with Crippen LogP contribution < -0.4 is 5.32 Å². The number of morpholine rings is 1. The van der Waals surface area contributed by atoms with E-state index in [4.69, 9.17) is 4.74 Å². The Kier molecular flexibility index (Phi) is 4.59. The predicted molar refractivity (Wildman–Crippen MR) is 82.3 cm³/mol. The monoisotopic (exact) mass is 303 g/mol. The largest absolute Gasteiger partial charge is 0.379 e. The van der Waals surface area contributed by atoms with Crippen LogP contribution in [0.2, 0.25) is 0 Å². The molecule has 1 N–H and O–H groups in total. The molecular weight excluding hydrogens is 286 g/mol. The summed E-state index contributed by atoms with van der Waals surface area (Å²) in [4.78, 5) is 19.0. The van der Waals surface area contributed by atoms with Gasteiger partial charge in [-0.2, -0.15) is 0 Å². The topological polar surface area (TPSA) is 54.5 Å². The number of hydrogen-bond donors (Lipinski definition) is 1. The highest BCUT2D eigenvalue weighted by Crippen LogP contribution is 2.24. The number of aromatic nitrogens is 1. The molecule has 1 aromatic heterocycles. The number of amides is 1. The molecule has 1 amide bonds. The summed E-state index contributed by atoms with van der Waals surface area (Å²) in [5, 5.41) is 5.39. The number of carbonyl (C=O) groups excluding carboxylic acids is 1. The lowest BCUT2D eigenvalue weighted by Gasteiger charge is -2.33. The maximum atomic E-state index is 12.7. The molecule has 5 nitrogen and oxygen atoms in total. The van der Waals surface area contributed by atoms with Crippen molar-refractivity contribution in [3.8, 4) is 0 Å². The van der Waals surface area contributed by atoms with E-state index in [1.807, 2.05) is 35.7 Å². The molecule has 6 heteroatoms. The maximum absolute atomic E-state index is 12.7. The third kappa shape index (κ3) is 3.47. The van der Waals surface area contributed by atoms with Gasteiger partial charge in [0.2, 0.25) is 5.91 Å². The average molecular weight is 303 g/mol. The van der Waals surface area contributed by atoms with E-state index in [0.29, 0.717) is 18.3 Å². The van der Waals surface area contributed by atoms with Crippen LogP contribution in [-0.4, -0.2) is 42.1 Å². The molecule has 1 aliphatic heterocycles. The summed E-state index contributed by atoms with van der Waals surface area (Å²) in [7, 11) is 0. The first-order valence-electron chi connectivity index (χ1n) is 6.92. The Hall–Kier alpha value is -1.76. The number of thiazole rings is 1. The van der Waals surface area contributed by atoms with E-state index in [1.165, 1.54) is 11.3 Å². The Morgan fingerprint density at radius 2 is 2.05 bits per heavy atom. The highest BCUT2D eigenvalue weighted by molar-refractivity contribution is 7.13. The fourth-order valence-electron chi connectivity index (χ4n) is 2.46. The molecule has 0 saturated carbocycles. The van der Waals surface area contributed by atoms with Crippen molar-refractivity contribution in [3.05, 3.63) is 47.5 Å². The van der Waals surface area contributed by atoms with E-state index in [2.05, 4.69) is 15.2 Å². The number of anilines is 1. The van der Waals surface area contributed by atoms with Gasteiger partial charge in [0.15, 0.2) is 5.13 Å². The standard InChI is InChI=1S/C15H17N3O2S/c19-14(17-15-16-6-11-21-15)13(12-4-2-1-3-5-12)18-7-9-20-10-8-18/h1-6,11,13H,7-10H2,(H,16,17,19)/t13-/m0/s1. The molecule has 2 heterocycles. The lowest BCUT2D eigenvalue weighted by Crippen LogP contribution is -2.43. The van der Waals surface area contributed by atoms with Crippen molar-refractivity contribution >= 4 is 22.4 Å². The Morgan fingerprint density at radius 3 is 2.71 bits per heavy atom. The molecule has 2 aromatic rings. The fourth-order valence-corrected chi connectivity index (χ4v) is 2.99. The number of nitrogens with one attached hydrogen (secondary N) is 1. The number of nitrogens with zero attached hydrogens (tertiary/aromatic N) is 2. The molecule has 3 rings (SSSR count). The van der Waals surface area contributed by atoms with Gasteiger partial charge in [0.1, 0.15) is 6.04 Å². The highest BCUT2D eigenvalue weighted by atomic mass is 32.1. The van der Waals surface area contributed by atoms with Gasteiger partial charge in [0.05, 0.1) is 13.2 Å². The lowest BCUT2D eigenvalue weighted by molar-refractivity contribution is -0.123. The predicted octanol–water partition coefficient (Wildman–Crippen LogP) is 2.16. The van der Waals surface area contributed by atoms with Crippen molar-refractivity contribution in [1.29, 1.82) is 0 Å². The molecule has 110 valence electrons. The minimum atomic E-state index is -0.306. The summed E-state index contributed by atoms with van der Waals surface area (Å²) in [6.45, 7) is 2.83. The Balaban J connectivity index is 1.82. The smallest absolute Gasteiger partial charge is 0.248 e. The second-order valence-corrected chi connectivity index (χ2v) is 5.68. The van der Waals surface area contributed by atoms with Crippen LogP contribution in [0.15, 0.2) is 41.9 Å². The van der Waals surface area contributed by atoms with Crippen LogP contribution in [-0.2, 0) is 9.53 Å². The zero-order valence-corrected chi connectivity index (χ0v) is 12.4. The van der Waals surface area contributed by atoms with Gasteiger partial charge in [0.25, 0.3) is 0 Å². The summed E-state index contributed by atoms with van der Waals surface area (Å²) in [5.41, 5.74) is 0.994. The second-order valence-electron chi connectivity index (χ2n) is 4.79. The minimum Gasteiger partial charge on any atom is -0.379 e. The van der Waals surface area contributed by atoms with Crippen LogP contribution in [0.1, 0.15) is 11.6 Å². The van der Waals surface area contributed by atoms with Gasteiger partial charge in [-0.3, -0.25) is 9.69 Å². The highest BCUT2D eigenvalue weighted by Gasteiger charge is 2.29. The van der Waals surface area contributed by atoms with E-state index in [0.717, 1.165) is 18.7 Å². The Labute approximate surface area is 127 Å². The van der Waals surface area contributed by atoms with E-state index in [1.54, 1.807) is 6.20 Å². The number of benzene rings is 1. The SMILES string of the molecule is O=C(Nc1nccs1)[C@H](c1ccccc1)N1CCOCC1. The first-order valence-corrected chi connectivity index (χ1v) is 7.79. The van der Waals surface area contributed by atoms with Gasteiger partial charge in [-0.1, -0.05) is 30.3 Å². The first-order chi connectivity index (χ1) is 10.3. The number of rotatable bonds is 4. The molecule has 1 atom stereocenters. The first kappa shape index (κ1) is 14.2. The van der Waals surface area contributed by atoms with Gasteiger partial charge >= 0.3 is 0 Å². The van der Waals surface area contributed by atoms with Gasteiger partial charge in [-0.25, -0.2) is 4.98 Å². The third-order valence-electron chi connectivity index (χ3n) is 3.44. The Bertz CT molecular complexity index is 568. The normalized spacial score (nSPS) is 17.3. The summed E-state index contributed by atoms with van der Waals surface area (Å²) in [6, 6.07) is 9.54. The summed E-state index contributed by atoms with van der Waals surface area (Å²) in [6.07, 6.45) is 1.69. The molecule has 1 aliphatic rings. The molecule has 0 radical (unpaired) electrons. The van der Waals surface area contributed by atoms with Crippen LogP contribution in [0.25, 0.3) is 0 Å². The summed E-state index contributed by atoms with van der Waals surface area (Å²) < 4.78 is 5.39. The molecular formula is C15H17N3O2S. The quantitative estimate of drug-likeness (QED) is 0.940. The Morgan fingerprint density at radius 1 is 1.29 bits per heavy atom. The van der Waals surface area contributed by atoms with Gasteiger partial charge in [-0.15, -0.1) is 11.3 Å². The van der Waals surface area contributed by atoms with Crippen molar-refractivity contribution in [2.24, 2.45) is 0 Å². The van der Waals surface area contributed by atoms with Crippen LogP contribution in [0, 0.1) is 0 Å². The van der Waals surface area contributed by atoms with Crippen LogP contribution in [0.4, 0.5) is 5.13 Å².